The van der Waals surface area contributed by atoms with Crippen LogP contribution in [0, 0.1) is 11.3 Å². The van der Waals surface area contributed by atoms with Gasteiger partial charge in [0.2, 0.25) is 0 Å². The maximum absolute atomic E-state index is 12.1. The van der Waals surface area contributed by atoms with Crippen molar-refractivity contribution in [2.45, 2.75) is 6.04 Å². The number of rotatable bonds is 4. The van der Waals surface area contributed by atoms with Crippen LogP contribution in [-0.4, -0.2) is 54.3 Å². The fourth-order valence-corrected chi connectivity index (χ4v) is 2.01. The number of hydrogen-bond donors (Lipinski definition) is 1. The lowest BCUT2D eigenvalue weighted by molar-refractivity contribution is -0.159. The second kappa shape index (κ2) is 6.72. The van der Waals surface area contributed by atoms with Gasteiger partial charge in [0.15, 0.2) is 12.6 Å². The normalized spacial score (nSPS) is 17.9. The molecule has 7 heteroatoms. The van der Waals surface area contributed by atoms with Crippen LogP contribution in [0.2, 0.25) is 0 Å². The van der Waals surface area contributed by atoms with Crippen molar-refractivity contribution in [1.29, 1.82) is 5.26 Å². The van der Waals surface area contributed by atoms with Crippen LogP contribution in [0.5, 0.6) is 5.75 Å². The topological polar surface area (TPSA) is 99.9 Å². The molecule has 1 amide bonds. The third-order valence-corrected chi connectivity index (χ3v) is 3.09. The Labute approximate surface area is 121 Å². The molecule has 0 spiro atoms. The number of nitriles is 1. The number of amides is 1. The average Bonchev–Trinajstić information content (AvgIpc) is 2.52. The first-order chi connectivity index (χ1) is 10.1. The molecule has 21 heavy (non-hydrogen) atoms. The van der Waals surface area contributed by atoms with Gasteiger partial charge in [-0.25, -0.2) is 4.79 Å². The van der Waals surface area contributed by atoms with Gasteiger partial charge in [0.25, 0.3) is 5.91 Å². The molecule has 0 saturated carbocycles. The molecule has 2 rings (SSSR count). The van der Waals surface area contributed by atoms with Gasteiger partial charge in [-0.1, -0.05) is 12.1 Å². The van der Waals surface area contributed by atoms with Crippen molar-refractivity contribution in [3.05, 3.63) is 29.8 Å². The van der Waals surface area contributed by atoms with Crippen LogP contribution in [0.4, 0.5) is 0 Å². The van der Waals surface area contributed by atoms with Crippen LogP contribution < -0.4 is 4.74 Å². The average molecular weight is 290 g/mol. The Morgan fingerprint density at radius 1 is 1.48 bits per heavy atom. The maximum atomic E-state index is 12.1. The van der Waals surface area contributed by atoms with Crippen molar-refractivity contribution in [1.82, 2.24) is 4.90 Å². The van der Waals surface area contributed by atoms with Crippen molar-refractivity contribution in [3.63, 3.8) is 0 Å². The van der Waals surface area contributed by atoms with Gasteiger partial charge in [-0.3, -0.25) is 4.79 Å². The lowest BCUT2D eigenvalue weighted by atomic mass is 10.2. The van der Waals surface area contributed by atoms with Gasteiger partial charge in [0.05, 0.1) is 18.8 Å². The molecular weight excluding hydrogens is 276 g/mol. The predicted molar refractivity (Wildman–Crippen MR) is 70.6 cm³/mol. The standard InChI is InChI=1S/C14H14N2O5/c15-7-10-3-1-2-4-12(10)21-9-13(17)16-5-6-20-8-11(16)14(18)19/h1-4,11H,5-6,8-9H2,(H,18,19). The molecule has 0 aliphatic carbocycles. The summed E-state index contributed by atoms with van der Waals surface area (Å²) in [6, 6.07) is 7.50. The summed E-state index contributed by atoms with van der Waals surface area (Å²) in [5.41, 5.74) is 0.321. The van der Waals surface area contributed by atoms with Crippen LogP contribution in [0.3, 0.4) is 0 Å². The van der Waals surface area contributed by atoms with Gasteiger partial charge in [-0.2, -0.15) is 5.26 Å². The van der Waals surface area contributed by atoms with Crippen molar-refractivity contribution < 1.29 is 24.2 Å². The van der Waals surface area contributed by atoms with E-state index in [1.54, 1.807) is 24.3 Å². The van der Waals surface area contributed by atoms with E-state index in [2.05, 4.69) is 0 Å². The number of carboxylic acids is 1. The molecule has 1 atom stereocenters. The molecule has 1 aromatic carbocycles. The molecular formula is C14H14N2O5. The predicted octanol–water partition coefficient (Wildman–Crippen LogP) is 0.249. The molecule has 7 nitrogen and oxygen atoms in total. The smallest absolute Gasteiger partial charge is 0.328 e. The van der Waals surface area contributed by atoms with Crippen molar-refractivity contribution >= 4 is 11.9 Å². The van der Waals surface area contributed by atoms with Gasteiger partial charge in [0, 0.05) is 6.54 Å². The molecule has 1 N–H and O–H groups in total. The fraction of sp³-hybridized carbons (Fsp3) is 0.357. The highest BCUT2D eigenvalue weighted by Gasteiger charge is 2.32. The Balaban J connectivity index is 2.01. The Kier molecular flexibility index (Phi) is 4.74. The Morgan fingerprint density at radius 2 is 2.24 bits per heavy atom. The first kappa shape index (κ1) is 14.8. The van der Waals surface area contributed by atoms with E-state index in [1.807, 2.05) is 6.07 Å². The molecule has 110 valence electrons. The lowest BCUT2D eigenvalue weighted by Crippen LogP contribution is -2.53. The molecule has 1 fully saturated rings. The van der Waals surface area contributed by atoms with Crippen LogP contribution in [-0.2, 0) is 14.3 Å². The summed E-state index contributed by atoms with van der Waals surface area (Å²) < 4.78 is 10.4. The molecule has 1 aliphatic heterocycles. The van der Waals surface area contributed by atoms with E-state index in [-0.39, 0.29) is 19.8 Å². The summed E-state index contributed by atoms with van der Waals surface area (Å²) in [5, 5.41) is 18.0. The summed E-state index contributed by atoms with van der Waals surface area (Å²) in [4.78, 5) is 24.4. The molecule has 1 heterocycles. The first-order valence-corrected chi connectivity index (χ1v) is 6.35. The number of carboxylic acid groups (broad SMARTS) is 1. The first-order valence-electron chi connectivity index (χ1n) is 6.35. The number of nitrogens with zero attached hydrogens (tertiary/aromatic N) is 2. The third-order valence-electron chi connectivity index (χ3n) is 3.09. The van der Waals surface area contributed by atoms with Crippen molar-refractivity contribution in [2.24, 2.45) is 0 Å². The maximum Gasteiger partial charge on any atom is 0.328 e. The van der Waals surface area contributed by atoms with E-state index in [4.69, 9.17) is 19.8 Å². The molecule has 0 bridgehead atoms. The zero-order valence-electron chi connectivity index (χ0n) is 11.2. The van der Waals surface area contributed by atoms with Gasteiger partial charge in [0.1, 0.15) is 11.8 Å². The number of carbonyl (C=O) groups is 2. The summed E-state index contributed by atoms with van der Waals surface area (Å²) in [7, 11) is 0. The lowest BCUT2D eigenvalue weighted by Gasteiger charge is -2.32. The largest absolute Gasteiger partial charge is 0.482 e. The number of aliphatic carboxylic acids is 1. The van der Waals surface area contributed by atoms with E-state index < -0.39 is 17.9 Å². The van der Waals surface area contributed by atoms with Gasteiger partial charge in [-0.05, 0) is 12.1 Å². The number of morpholine rings is 1. The molecule has 1 unspecified atom stereocenters. The van der Waals surface area contributed by atoms with E-state index in [1.165, 1.54) is 4.90 Å². The van der Waals surface area contributed by atoms with E-state index >= 15 is 0 Å². The van der Waals surface area contributed by atoms with E-state index in [0.29, 0.717) is 17.9 Å². The third kappa shape index (κ3) is 3.49. The number of carbonyl (C=O) groups excluding carboxylic acids is 1. The van der Waals surface area contributed by atoms with Gasteiger partial charge >= 0.3 is 5.97 Å². The fourth-order valence-electron chi connectivity index (χ4n) is 2.01. The van der Waals surface area contributed by atoms with Gasteiger partial charge < -0.3 is 19.5 Å². The van der Waals surface area contributed by atoms with E-state index in [9.17, 15) is 9.59 Å². The van der Waals surface area contributed by atoms with Crippen LogP contribution in [0.15, 0.2) is 24.3 Å². The van der Waals surface area contributed by atoms with Crippen LogP contribution >= 0.6 is 0 Å². The number of benzene rings is 1. The summed E-state index contributed by atoms with van der Waals surface area (Å²) in [6.45, 7) is 0.154. The van der Waals surface area contributed by atoms with E-state index in [0.717, 1.165) is 0 Å². The highest BCUT2D eigenvalue weighted by Crippen LogP contribution is 2.17. The Bertz CT molecular complexity index is 581. The monoisotopic (exact) mass is 290 g/mol. The Morgan fingerprint density at radius 3 is 2.95 bits per heavy atom. The van der Waals surface area contributed by atoms with Crippen LogP contribution in [0.25, 0.3) is 0 Å². The number of para-hydroxylation sites is 1. The second-order valence-electron chi connectivity index (χ2n) is 4.41. The van der Waals surface area contributed by atoms with Gasteiger partial charge in [-0.15, -0.1) is 0 Å². The summed E-state index contributed by atoms with van der Waals surface area (Å²) in [5.74, 6) is -1.26. The molecule has 1 saturated heterocycles. The molecule has 0 aromatic heterocycles. The quantitative estimate of drug-likeness (QED) is 0.853. The number of ether oxygens (including phenoxy) is 2. The van der Waals surface area contributed by atoms with Crippen molar-refractivity contribution in [2.75, 3.05) is 26.4 Å². The minimum atomic E-state index is -1.11. The minimum absolute atomic E-state index is 0.0319. The minimum Gasteiger partial charge on any atom is -0.482 e. The zero-order chi connectivity index (χ0) is 15.2. The molecule has 1 aliphatic rings. The highest BCUT2D eigenvalue weighted by molar-refractivity contribution is 5.84. The summed E-state index contributed by atoms with van der Waals surface area (Å²) in [6.07, 6.45) is 0. The SMILES string of the molecule is N#Cc1ccccc1OCC(=O)N1CCOCC1C(=O)O. The molecule has 0 radical (unpaired) electrons. The van der Waals surface area contributed by atoms with Crippen molar-refractivity contribution in [3.8, 4) is 11.8 Å². The second-order valence-corrected chi connectivity index (χ2v) is 4.41. The Hall–Kier alpha value is -2.59. The molecule has 1 aromatic rings. The highest BCUT2D eigenvalue weighted by atomic mass is 16.5. The number of hydrogen-bond acceptors (Lipinski definition) is 5. The zero-order valence-corrected chi connectivity index (χ0v) is 11.2. The van der Waals surface area contributed by atoms with Crippen LogP contribution in [0.1, 0.15) is 5.56 Å². The summed E-state index contributed by atoms with van der Waals surface area (Å²) >= 11 is 0.